The summed E-state index contributed by atoms with van der Waals surface area (Å²) in [6.45, 7) is 3.47. The van der Waals surface area contributed by atoms with E-state index in [0.717, 1.165) is 51.4 Å². The van der Waals surface area contributed by atoms with E-state index < -0.39 is 24.5 Å². The summed E-state index contributed by atoms with van der Waals surface area (Å²) < 4.78 is 5.98. The quantitative estimate of drug-likeness (QED) is 0.0358. The Bertz CT molecular complexity index is 884. The molecule has 2 atom stereocenters. The minimum atomic E-state index is -1.38. The zero-order valence-corrected chi connectivity index (χ0v) is 35.3. The fourth-order valence-electron chi connectivity index (χ4n) is 7.07. The zero-order chi connectivity index (χ0) is 39.7. The zero-order valence-electron chi connectivity index (χ0n) is 35.3. The van der Waals surface area contributed by atoms with Crippen LogP contribution in [0.4, 0.5) is 0 Å². The fraction of sp³-hybridized carbons (Fsp3) is 0.911. The Labute approximate surface area is 331 Å². The normalized spacial score (nSPS) is 12.4. The van der Waals surface area contributed by atoms with Gasteiger partial charge in [0.1, 0.15) is 12.1 Å². The van der Waals surface area contributed by atoms with Crippen molar-refractivity contribution in [1.29, 1.82) is 0 Å². The molecule has 0 aromatic carbocycles. The molecule has 0 aliphatic heterocycles. The Morgan fingerprint density at radius 1 is 0.481 bits per heavy atom. The second kappa shape index (κ2) is 40.5. The summed E-state index contributed by atoms with van der Waals surface area (Å²) in [5.41, 5.74) is 0. The number of aliphatic carboxylic acids is 1. The molecule has 0 fully saturated rings. The Kier molecular flexibility index (Phi) is 38.9. The lowest BCUT2D eigenvalue weighted by molar-refractivity contribution is -0.150. The molecular formula is C45H86N2O7. The number of ether oxygens (including phenoxy) is 1. The van der Waals surface area contributed by atoms with Gasteiger partial charge in [0.15, 0.2) is 0 Å². The molecule has 0 heterocycles. The van der Waals surface area contributed by atoms with Gasteiger partial charge in [-0.25, -0.2) is 4.79 Å². The van der Waals surface area contributed by atoms with Crippen molar-refractivity contribution in [1.82, 2.24) is 10.6 Å². The largest absolute Gasteiger partial charge is 0.480 e. The van der Waals surface area contributed by atoms with Crippen LogP contribution in [0.25, 0.3) is 0 Å². The molecule has 54 heavy (non-hydrogen) atoms. The highest BCUT2D eigenvalue weighted by molar-refractivity contribution is 5.87. The molecule has 2 amide bonds. The second-order valence-corrected chi connectivity index (χ2v) is 15.9. The maximum absolute atomic E-state index is 12.7. The average Bonchev–Trinajstić information content (AvgIpc) is 3.15. The second-order valence-electron chi connectivity index (χ2n) is 15.9. The highest BCUT2D eigenvalue weighted by Crippen LogP contribution is 2.19. The summed E-state index contributed by atoms with van der Waals surface area (Å²) in [6.07, 6.45) is 41.5. The van der Waals surface area contributed by atoms with E-state index in [1.165, 1.54) is 154 Å². The van der Waals surface area contributed by atoms with Crippen LogP contribution >= 0.6 is 0 Å². The van der Waals surface area contributed by atoms with Crippen LogP contribution in [0, 0.1) is 0 Å². The van der Waals surface area contributed by atoms with Crippen molar-refractivity contribution in [2.75, 3.05) is 13.2 Å². The number of aliphatic hydroxyl groups is 1. The van der Waals surface area contributed by atoms with Crippen LogP contribution in [0.5, 0.6) is 0 Å². The molecule has 2 unspecified atom stereocenters. The summed E-state index contributed by atoms with van der Waals surface area (Å²) in [6, 6.07) is -1.38. The maximum Gasteiger partial charge on any atom is 0.328 e. The van der Waals surface area contributed by atoms with E-state index in [0.29, 0.717) is 12.8 Å². The van der Waals surface area contributed by atoms with Crippen molar-refractivity contribution >= 4 is 23.8 Å². The molecule has 0 aromatic heterocycles. The van der Waals surface area contributed by atoms with Gasteiger partial charge in [0.2, 0.25) is 11.8 Å². The number of carboxylic acids is 1. The standard InChI is InChI=1S/C45H86N2O7/c1-3-5-7-9-11-12-13-14-15-16-17-18-19-20-21-22-23-24-25-27-33-37-44(51)54-40(34-30-26-10-8-6-4-2)35-31-28-29-32-36-42(49)46-38-43(50)47-41(39-48)45(52)53/h40-41,48H,3-39H2,1-2H3,(H,46,49)(H,47,50)(H,52,53). The third kappa shape index (κ3) is 36.8. The molecule has 9 heteroatoms. The first-order valence-electron chi connectivity index (χ1n) is 22.9. The number of carboxylic acid groups (broad SMARTS) is 1. The number of hydrogen-bond acceptors (Lipinski definition) is 6. The van der Waals surface area contributed by atoms with Crippen molar-refractivity contribution in [3.05, 3.63) is 0 Å². The van der Waals surface area contributed by atoms with Crippen LogP contribution < -0.4 is 10.6 Å². The Balaban J connectivity index is 3.97. The van der Waals surface area contributed by atoms with Gasteiger partial charge in [-0.1, -0.05) is 187 Å². The highest BCUT2D eigenvalue weighted by Gasteiger charge is 2.19. The van der Waals surface area contributed by atoms with E-state index in [1.54, 1.807) is 0 Å². The first-order chi connectivity index (χ1) is 26.3. The number of rotatable bonds is 42. The first-order valence-corrected chi connectivity index (χ1v) is 22.9. The van der Waals surface area contributed by atoms with Crippen LogP contribution in [-0.2, 0) is 23.9 Å². The predicted octanol–water partition coefficient (Wildman–Crippen LogP) is 11.3. The number of unbranched alkanes of at least 4 members (excludes halogenated alkanes) is 28. The molecule has 0 aliphatic carbocycles. The summed E-state index contributed by atoms with van der Waals surface area (Å²) >= 11 is 0. The Hall–Kier alpha value is -2.16. The molecule has 4 N–H and O–H groups in total. The van der Waals surface area contributed by atoms with Gasteiger partial charge in [0.25, 0.3) is 0 Å². The number of nitrogens with one attached hydrogen (secondary N) is 2. The predicted molar refractivity (Wildman–Crippen MR) is 222 cm³/mol. The summed E-state index contributed by atoms with van der Waals surface area (Å²) in [4.78, 5) is 47.5. The number of amides is 2. The lowest BCUT2D eigenvalue weighted by atomic mass is 10.0. The molecule has 0 bridgehead atoms. The van der Waals surface area contributed by atoms with Crippen molar-refractivity contribution in [2.24, 2.45) is 0 Å². The van der Waals surface area contributed by atoms with E-state index in [4.69, 9.17) is 14.9 Å². The number of carbonyl (C=O) groups excluding carboxylic acids is 3. The van der Waals surface area contributed by atoms with Gasteiger partial charge >= 0.3 is 11.9 Å². The Morgan fingerprint density at radius 2 is 0.833 bits per heavy atom. The lowest BCUT2D eigenvalue weighted by Crippen LogP contribution is -2.47. The smallest absolute Gasteiger partial charge is 0.328 e. The van der Waals surface area contributed by atoms with Crippen LogP contribution in [-0.4, -0.2) is 59.3 Å². The lowest BCUT2D eigenvalue weighted by Gasteiger charge is -2.18. The van der Waals surface area contributed by atoms with E-state index in [1.807, 2.05) is 0 Å². The van der Waals surface area contributed by atoms with Gasteiger partial charge in [-0.3, -0.25) is 14.4 Å². The van der Waals surface area contributed by atoms with Crippen LogP contribution in [0.1, 0.15) is 239 Å². The fourth-order valence-corrected chi connectivity index (χ4v) is 7.07. The molecule has 0 aromatic rings. The molecule has 0 rings (SSSR count). The van der Waals surface area contributed by atoms with Crippen LogP contribution in [0.2, 0.25) is 0 Å². The highest BCUT2D eigenvalue weighted by atomic mass is 16.5. The van der Waals surface area contributed by atoms with E-state index in [2.05, 4.69) is 24.5 Å². The first kappa shape index (κ1) is 51.8. The number of hydrogen-bond donors (Lipinski definition) is 4. The van der Waals surface area contributed by atoms with Gasteiger partial charge in [-0.2, -0.15) is 0 Å². The molecule has 0 aliphatic rings. The van der Waals surface area contributed by atoms with Crippen molar-refractivity contribution < 1.29 is 34.1 Å². The van der Waals surface area contributed by atoms with Gasteiger partial charge in [-0.05, 0) is 38.5 Å². The molecule has 0 saturated carbocycles. The van der Waals surface area contributed by atoms with Gasteiger partial charge in [0, 0.05) is 12.8 Å². The number of esters is 1. The summed E-state index contributed by atoms with van der Waals surface area (Å²) in [5, 5.41) is 22.5. The van der Waals surface area contributed by atoms with Crippen molar-refractivity contribution in [3.8, 4) is 0 Å². The van der Waals surface area contributed by atoms with E-state index in [-0.39, 0.29) is 30.9 Å². The van der Waals surface area contributed by atoms with Crippen LogP contribution in [0.15, 0.2) is 0 Å². The average molecular weight is 767 g/mol. The van der Waals surface area contributed by atoms with Crippen molar-refractivity contribution in [3.63, 3.8) is 0 Å². The topological polar surface area (TPSA) is 142 Å². The Morgan fingerprint density at radius 3 is 1.20 bits per heavy atom. The third-order valence-corrected chi connectivity index (χ3v) is 10.6. The molecular weight excluding hydrogens is 681 g/mol. The SMILES string of the molecule is CCCCCCCCCCCCCCCCCCCCCCCC(=O)OC(CCCCCCCC)CCCCCCC(=O)NCC(=O)NC(CO)C(=O)O. The summed E-state index contributed by atoms with van der Waals surface area (Å²) in [7, 11) is 0. The summed E-state index contributed by atoms with van der Waals surface area (Å²) in [5.74, 6) is -2.31. The molecule has 0 saturated heterocycles. The van der Waals surface area contributed by atoms with Gasteiger partial charge in [-0.15, -0.1) is 0 Å². The third-order valence-electron chi connectivity index (χ3n) is 10.6. The van der Waals surface area contributed by atoms with Crippen LogP contribution in [0.3, 0.4) is 0 Å². The van der Waals surface area contributed by atoms with Crippen molar-refractivity contribution in [2.45, 2.75) is 251 Å². The van der Waals surface area contributed by atoms with Gasteiger partial charge in [0.05, 0.1) is 13.2 Å². The van der Waals surface area contributed by atoms with Gasteiger partial charge < -0.3 is 25.6 Å². The molecule has 9 nitrogen and oxygen atoms in total. The minimum Gasteiger partial charge on any atom is -0.480 e. The molecule has 0 radical (unpaired) electrons. The molecule has 0 spiro atoms. The number of carbonyl (C=O) groups is 4. The van der Waals surface area contributed by atoms with E-state index >= 15 is 0 Å². The number of aliphatic hydroxyl groups excluding tert-OH is 1. The monoisotopic (exact) mass is 767 g/mol. The maximum atomic E-state index is 12.7. The molecule has 318 valence electrons. The van der Waals surface area contributed by atoms with E-state index in [9.17, 15) is 19.2 Å². The minimum absolute atomic E-state index is 0.0334.